The van der Waals surface area contributed by atoms with Crippen molar-refractivity contribution in [3.05, 3.63) is 75.2 Å². The van der Waals surface area contributed by atoms with Crippen LogP contribution >= 0.6 is 22.9 Å². The highest BCUT2D eigenvalue weighted by molar-refractivity contribution is 7.90. The first-order valence-corrected chi connectivity index (χ1v) is 11.8. The van der Waals surface area contributed by atoms with Crippen molar-refractivity contribution in [1.82, 2.24) is 4.98 Å². The number of nitrogens with one attached hydrogen (secondary N) is 1. The largest absolute Gasteiger partial charge is 0.374 e. The van der Waals surface area contributed by atoms with Gasteiger partial charge in [-0.15, -0.1) is 11.3 Å². The molecule has 0 radical (unpaired) electrons. The van der Waals surface area contributed by atoms with E-state index in [0.717, 1.165) is 37.0 Å². The fourth-order valence-corrected chi connectivity index (χ4v) is 6.11. The van der Waals surface area contributed by atoms with Gasteiger partial charge in [-0.3, -0.25) is 0 Å². The number of rotatable bonds is 6. The van der Waals surface area contributed by atoms with Crippen molar-refractivity contribution < 1.29 is 17.2 Å². The van der Waals surface area contributed by atoms with Crippen LogP contribution in [0.2, 0.25) is 5.02 Å². The molecule has 0 amide bonds. The molecule has 2 aromatic carbocycles. The summed E-state index contributed by atoms with van der Waals surface area (Å²) in [5.41, 5.74) is 0.474. The van der Waals surface area contributed by atoms with Crippen molar-refractivity contribution in [2.75, 3.05) is 5.32 Å². The van der Waals surface area contributed by atoms with Crippen LogP contribution < -0.4 is 5.32 Å². The van der Waals surface area contributed by atoms with E-state index in [2.05, 4.69) is 10.3 Å². The number of sulfone groups is 1. The third kappa shape index (κ3) is 4.01. The number of benzene rings is 2. The number of hydrogen-bond acceptors (Lipinski definition) is 5. The van der Waals surface area contributed by atoms with Crippen molar-refractivity contribution in [1.29, 1.82) is 0 Å². The molecule has 1 aliphatic carbocycles. The standard InChI is InChI=1S/C20H17ClF2N2O2S2/c21-15-10-18(29(26,27)12-19-24-7-8-28-19)16(23)11-17(15)25-20(5-2-6-20)13-3-1-4-14(22)9-13/h1,3-4,7-11,25H,2,5-6,12H2. The molecule has 0 bridgehead atoms. The average molecular weight is 455 g/mol. The van der Waals surface area contributed by atoms with E-state index in [1.807, 2.05) is 6.07 Å². The smallest absolute Gasteiger partial charge is 0.187 e. The Balaban J connectivity index is 1.65. The minimum Gasteiger partial charge on any atom is -0.374 e. The van der Waals surface area contributed by atoms with E-state index >= 15 is 0 Å². The molecule has 1 saturated carbocycles. The zero-order chi connectivity index (χ0) is 20.6. The lowest BCUT2D eigenvalue weighted by atomic mass is 9.71. The third-order valence-electron chi connectivity index (χ3n) is 5.11. The van der Waals surface area contributed by atoms with E-state index in [4.69, 9.17) is 11.6 Å². The molecule has 1 heterocycles. The topological polar surface area (TPSA) is 59.1 Å². The van der Waals surface area contributed by atoms with Crippen LogP contribution in [-0.4, -0.2) is 13.4 Å². The molecule has 3 aromatic rings. The summed E-state index contributed by atoms with van der Waals surface area (Å²) >= 11 is 7.50. The van der Waals surface area contributed by atoms with Crippen molar-refractivity contribution in [2.24, 2.45) is 0 Å². The highest BCUT2D eigenvalue weighted by Crippen LogP contribution is 2.45. The van der Waals surface area contributed by atoms with Crippen molar-refractivity contribution in [2.45, 2.75) is 35.4 Å². The van der Waals surface area contributed by atoms with Crippen LogP contribution in [0.15, 0.2) is 52.9 Å². The minimum atomic E-state index is -3.94. The van der Waals surface area contributed by atoms with E-state index in [1.54, 1.807) is 11.4 Å². The molecule has 29 heavy (non-hydrogen) atoms. The van der Waals surface area contributed by atoms with Crippen molar-refractivity contribution in [3.63, 3.8) is 0 Å². The van der Waals surface area contributed by atoms with Gasteiger partial charge in [0.25, 0.3) is 0 Å². The highest BCUT2D eigenvalue weighted by Gasteiger charge is 2.39. The summed E-state index contributed by atoms with van der Waals surface area (Å²) in [5, 5.41) is 5.35. The summed E-state index contributed by atoms with van der Waals surface area (Å²) in [5.74, 6) is -1.63. The molecule has 0 aliphatic heterocycles. The second kappa shape index (κ2) is 7.66. The Labute approximate surface area is 176 Å². The van der Waals surface area contributed by atoms with Gasteiger partial charge in [-0.2, -0.15) is 0 Å². The summed E-state index contributed by atoms with van der Waals surface area (Å²) in [6.45, 7) is 0. The molecule has 1 N–H and O–H groups in total. The van der Waals surface area contributed by atoms with Gasteiger partial charge in [0.2, 0.25) is 0 Å². The van der Waals surface area contributed by atoms with E-state index in [1.165, 1.54) is 29.7 Å². The Morgan fingerprint density at radius 3 is 2.62 bits per heavy atom. The lowest BCUT2D eigenvalue weighted by Gasteiger charge is -2.44. The minimum absolute atomic E-state index is 0.0896. The second-order valence-corrected chi connectivity index (χ2v) is 10.4. The first-order chi connectivity index (χ1) is 13.8. The Kier molecular flexibility index (Phi) is 5.35. The average Bonchev–Trinajstić information content (AvgIpc) is 3.12. The second-order valence-electron chi connectivity index (χ2n) is 7.02. The molecule has 152 valence electrons. The number of aromatic nitrogens is 1. The quantitative estimate of drug-likeness (QED) is 0.531. The number of halogens is 3. The van der Waals surface area contributed by atoms with E-state index in [9.17, 15) is 17.2 Å². The maximum Gasteiger partial charge on any atom is 0.187 e. The Morgan fingerprint density at radius 1 is 1.21 bits per heavy atom. The zero-order valence-electron chi connectivity index (χ0n) is 15.2. The zero-order valence-corrected chi connectivity index (χ0v) is 17.6. The Hall–Kier alpha value is -2.03. The molecule has 0 saturated heterocycles. The van der Waals surface area contributed by atoms with E-state index in [0.29, 0.717) is 5.01 Å². The van der Waals surface area contributed by atoms with Crippen molar-refractivity contribution in [3.8, 4) is 0 Å². The van der Waals surface area contributed by atoms with Gasteiger partial charge in [-0.05, 0) is 49.1 Å². The van der Waals surface area contributed by atoms with Gasteiger partial charge in [-0.1, -0.05) is 23.7 Å². The first kappa shape index (κ1) is 20.3. The molecular formula is C20H17ClF2N2O2S2. The summed E-state index contributed by atoms with van der Waals surface area (Å²) in [7, 11) is -3.94. The van der Waals surface area contributed by atoms with Crippen molar-refractivity contribution >= 4 is 38.5 Å². The van der Waals surface area contributed by atoms with Gasteiger partial charge < -0.3 is 5.32 Å². The third-order valence-corrected chi connectivity index (χ3v) is 8.02. The lowest BCUT2D eigenvalue weighted by molar-refractivity contribution is 0.283. The fourth-order valence-electron chi connectivity index (χ4n) is 3.49. The summed E-state index contributed by atoms with van der Waals surface area (Å²) in [6, 6.07) is 8.47. The molecule has 4 rings (SSSR count). The van der Waals surface area contributed by atoms with Gasteiger partial charge in [0, 0.05) is 11.6 Å². The van der Waals surface area contributed by atoms with Crippen LogP contribution in [-0.2, 0) is 21.1 Å². The molecule has 0 atom stereocenters. The maximum atomic E-state index is 14.8. The molecule has 1 fully saturated rings. The van der Waals surface area contributed by atoms with Crippen LogP contribution in [0.3, 0.4) is 0 Å². The predicted octanol–water partition coefficient (Wildman–Crippen LogP) is 5.54. The fraction of sp³-hybridized carbons (Fsp3) is 0.250. The normalized spacial score (nSPS) is 15.7. The Morgan fingerprint density at radius 2 is 2.00 bits per heavy atom. The number of hydrogen-bond donors (Lipinski definition) is 1. The maximum absolute atomic E-state index is 14.8. The molecular weight excluding hydrogens is 438 g/mol. The first-order valence-electron chi connectivity index (χ1n) is 8.93. The van der Waals surface area contributed by atoms with Gasteiger partial charge in [0.1, 0.15) is 27.3 Å². The van der Waals surface area contributed by atoms with Gasteiger partial charge >= 0.3 is 0 Å². The van der Waals surface area contributed by atoms with Gasteiger partial charge in [0.15, 0.2) is 9.84 Å². The van der Waals surface area contributed by atoms with E-state index < -0.39 is 31.8 Å². The van der Waals surface area contributed by atoms with Crippen LogP contribution in [0, 0.1) is 11.6 Å². The molecule has 0 spiro atoms. The number of anilines is 1. The van der Waals surface area contributed by atoms with Crippen LogP contribution in [0.5, 0.6) is 0 Å². The molecule has 4 nitrogen and oxygen atoms in total. The van der Waals surface area contributed by atoms with Crippen LogP contribution in [0.4, 0.5) is 14.5 Å². The molecule has 9 heteroatoms. The van der Waals surface area contributed by atoms with Gasteiger partial charge in [0.05, 0.1) is 16.2 Å². The van der Waals surface area contributed by atoms with Crippen LogP contribution in [0.25, 0.3) is 0 Å². The molecule has 1 aliphatic rings. The summed E-state index contributed by atoms with van der Waals surface area (Å²) < 4.78 is 53.7. The van der Waals surface area contributed by atoms with Crippen LogP contribution in [0.1, 0.15) is 29.8 Å². The lowest BCUT2D eigenvalue weighted by Crippen LogP contribution is -2.42. The summed E-state index contributed by atoms with van der Waals surface area (Å²) in [6.07, 6.45) is 3.90. The number of nitrogens with zero attached hydrogens (tertiary/aromatic N) is 1. The van der Waals surface area contributed by atoms with Gasteiger partial charge in [-0.25, -0.2) is 22.2 Å². The van der Waals surface area contributed by atoms with E-state index in [-0.39, 0.29) is 16.5 Å². The molecule has 0 unspecified atom stereocenters. The monoisotopic (exact) mass is 454 g/mol. The summed E-state index contributed by atoms with van der Waals surface area (Å²) in [4.78, 5) is 3.48. The SMILES string of the molecule is O=S(=O)(Cc1nccs1)c1cc(Cl)c(NC2(c3cccc(F)c3)CCC2)cc1F. The number of thiazole rings is 1. The highest BCUT2D eigenvalue weighted by atomic mass is 35.5. The molecule has 1 aromatic heterocycles. The predicted molar refractivity (Wildman–Crippen MR) is 110 cm³/mol. The Bertz CT molecular complexity index is 1150.